The molecular formula is C22H19F3N8O. The highest BCUT2D eigenvalue weighted by Gasteiger charge is 2.31. The van der Waals surface area contributed by atoms with Gasteiger partial charge in [0.2, 0.25) is 5.95 Å². The van der Waals surface area contributed by atoms with Gasteiger partial charge in [0.05, 0.1) is 29.4 Å². The van der Waals surface area contributed by atoms with E-state index in [2.05, 4.69) is 35.2 Å². The lowest BCUT2D eigenvalue weighted by Gasteiger charge is -2.28. The molecule has 0 aliphatic rings. The van der Waals surface area contributed by atoms with Crippen molar-refractivity contribution in [3.63, 3.8) is 0 Å². The van der Waals surface area contributed by atoms with Crippen LogP contribution in [0, 0.1) is 0 Å². The first-order chi connectivity index (χ1) is 16.3. The van der Waals surface area contributed by atoms with Gasteiger partial charge in [0.15, 0.2) is 0 Å². The smallest absolute Gasteiger partial charge is 0.331 e. The van der Waals surface area contributed by atoms with Crippen LogP contribution >= 0.6 is 0 Å². The number of carbonyl (C=O) groups is 1. The SMILES string of the molecule is CC(c1ncccn1)N(Cc1ccc(C(F)(F)F)cn1)C(=O)c1ccc(Nc2ncc[nH]2)nc1. The molecule has 0 saturated carbocycles. The summed E-state index contributed by atoms with van der Waals surface area (Å²) in [5, 5.41) is 2.96. The fourth-order valence-corrected chi connectivity index (χ4v) is 3.13. The molecule has 1 atom stereocenters. The summed E-state index contributed by atoms with van der Waals surface area (Å²) >= 11 is 0. The number of nitrogens with zero attached hydrogens (tertiary/aromatic N) is 6. The summed E-state index contributed by atoms with van der Waals surface area (Å²) in [7, 11) is 0. The van der Waals surface area contributed by atoms with Crippen LogP contribution in [0.1, 0.15) is 40.4 Å². The second-order valence-corrected chi connectivity index (χ2v) is 7.25. The molecule has 0 bridgehead atoms. The van der Waals surface area contributed by atoms with E-state index in [4.69, 9.17) is 0 Å². The number of halogens is 3. The standard InChI is InChI=1S/C22H19F3N8O/c1-14(19-26-7-2-8-27-19)33(13-17-5-4-16(12-30-17)22(23,24)25)20(34)15-3-6-18(31-11-15)32-21-28-9-10-29-21/h2-12,14H,13H2,1H3,(H2,28,29,31,32). The van der Waals surface area contributed by atoms with E-state index in [0.29, 0.717) is 17.6 Å². The van der Waals surface area contributed by atoms with Crippen LogP contribution in [0.2, 0.25) is 0 Å². The van der Waals surface area contributed by atoms with Crippen LogP contribution in [-0.2, 0) is 12.7 Å². The van der Waals surface area contributed by atoms with Crippen LogP contribution < -0.4 is 5.32 Å². The zero-order valence-corrected chi connectivity index (χ0v) is 17.9. The average Bonchev–Trinajstić information content (AvgIpc) is 3.35. The van der Waals surface area contributed by atoms with Gasteiger partial charge >= 0.3 is 6.18 Å². The Labute approximate surface area is 192 Å². The predicted octanol–water partition coefficient (Wildman–Crippen LogP) is 4.16. The summed E-state index contributed by atoms with van der Waals surface area (Å²) in [6, 6.07) is 6.45. The fraction of sp³-hybridized carbons (Fsp3) is 0.182. The van der Waals surface area contributed by atoms with Crippen molar-refractivity contribution >= 4 is 17.7 Å². The highest BCUT2D eigenvalue weighted by molar-refractivity contribution is 5.94. The summed E-state index contributed by atoms with van der Waals surface area (Å²) in [4.78, 5) is 38.3. The maximum absolute atomic E-state index is 13.4. The van der Waals surface area contributed by atoms with E-state index in [1.165, 1.54) is 17.2 Å². The molecule has 2 N–H and O–H groups in total. The van der Waals surface area contributed by atoms with Crippen LogP contribution in [0.4, 0.5) is 24.9 Å². The Morgan fingerprint density at radius 2 is 1.82 bits per heavy atom. The van der Waals surface area contributed by atoms with E-state index in [9.17, 15) is 18.0 Å². The highest BCUT2D eigenvalue weighted by atomic mass is 19.4. The molecule has 0 aliphatic carbocycles. The predicted molar refractivity (Wildman–Crippen MR) is 116 cm³/mol. The van der Waals surface area contributed by atoms with Gasteiger partial charge in [-0.3, -0.25) is 9.78 Å². The van der Waals surface area contributed by atoms with Crippen molar-refractivity contribution in [1.82, 2.24) is 34.8 Å². The third-order valence-electron chi connectivity index (χ3n) is 4.93. The van der Waals surface area contributed by atoms with E-state index in [-0.39, 0.29) is 17.8 Å². The lowest BCUT2D eigenvalue weighted by Crippen LogP contribution is -2.34. The van der Waals surface area contributed by atoms with Crippen LogP contribution in [-0.4, -0.2) is 40.7 Å². The molecule has 1 amide bonds. The van der Waals surface area contributed by atoms with Gasteiger partial charge in [0.25, 0.3) is 5.91 Å². The Morgan fingerprint density at radius 3 is 2.41 bits per heavy atom. The largest absolute Gasteiger partial charge is 0.417 e. The zero-order chi connectivity index (χ0) is 24.1. The number of hydrogen-bond acceptors (Lipinski definition) is 7. The van der Waals surface area contributed by atoms with Crippen LogP contribution in [0.5, 0.6) is 0 Å². The summed E-state index contributed by atoms with van der Waals surface area (Å²) in [5.41, 5.74) is -0.301. The minimum atomic E-state index is -4.50. The van der Waals surface area contributed by atoms with E-state index in [0.717, 1.165) is 12.3 Å². The van der Waals surface area contributed by atoms with Crippen molar-refractivity contribution in [2.75, 3.05) is 5.32 Å². The molecule has 0 radical (unpaired) electrons. The van der Waals surface area contributed by atoms with Crippen LogP contribution in [0.15, 0.2) is 67.5 Å². The molecule has 0 saturated heterocycles. The van der Waals surface area contributed by atoms with Gasteiger partial charge in [0.1, 0.15) is 11.6 Å². The summed E-state index contributed by atoms with van der Waals surface area (Å²) in [5.74, 6) is 0.948. The number of pyridine rings is 2. The van der Waals surface area contributed by atoms with Gasteiger partial charge in [-0.25, -0.2) is 19.9 Å². The van der Waals surface area contributed by atoms with Gasteiger partial charge in [-0.2, -0.15) is 13.2 Å². The number of carbonyl (C=O) groups excluding carboxylic acids is 1. The minimum Gasteiger partial charge on any atom is -0.331 e. The van der Waals surface area contributed by atoms with Crippen molar-refractivity contribution in [3.8, 4) is 0 Å². The van der Waals surface area contributed by atoms with Gasteiger partial charge in [-0.1, -0.05) is 0 Å². The third kappa shape index (κ3) is 5.34. The normalized spacial score (nSPS) is 12.2. The Morgan fingerprint density at radius 1 is 1.03 bits per heavy atom. The molecule has 4 heterocycles. The molecule has 0 spiro atoms. The van der Waals surface area contributed by atoms with Crippen LogP contribution in [0.3, 0.4) is 0 Å². The Balaban J connectivity index is 1.59. The Hall–Kier alpha value is -4.35. The Bertz CT molecular complexity index is 1210. The molecule has 1 unspecified atom stereocenters. The summed E-state index contributed by atoms with van der Waals surface area (Å²) in [6.45, 7) is 1.68. The number of imidazole rings is 1. The van der Waals surface area contributed by atoms with Gasteiger partial charge in [-0.15, -0.1) is 0 Å². The number of alkyl halides is 3. The van der Waals surface area contributed by atoms with E-state index < -0.39 is 23.7 Å². The first kappa shape index (κ1) is 22.8. The number of rotatable bonds is 7. The molecule has 0 aromatic carbocycles. The van der Waals surface area contributed by atoms with Crippen molar-refractivity contribution in [2.24, 2.45) is 0 Å². The van der Waals surface area contributed by atoms with E-state index >= 15 is 0 Å². The lowest BCUT2D eigenvalue weighted by atomic mass is 10.1. The zero-order valence-electron chi connectivity index (χ0n) is 17.9. The third-order valence-corrected chi connectivity index (χ3v) is 4.93. The quantitative estimate of drug-likeness (QED) is 0.419. The average molecular weight is 468 g/mol. The molecule has 174 valence electrons. The highest BCUT2D eigenvalue weighted by Crippen LogP contribution is 2.29. The maximum atomic E-state index is 13.4. The molecule has 4 rings (SSSR count). The van der Waals surface area contributed by atoms with Gasteiger partial charge in [-0.05, 0) is 37.3 Å². The fourth-order valence-electron chi connectivity index (χ4n) is 3.13. The first-order valence-corrected chi connectivity index (χ1v) is 10.1. The lowest BCUT2D eigenvalue weighted by molar-refractivity contribution is -0.137. The van der Waals surface area contributed by atoms with Crippen molar-refractivity contribution < 1.29 is 18.0 Å². The number of nitrogens with one attached hydrogen (secondary N) is 2. The van der Waals surface area contributed by atoms with Crippen LogP contribution in [0.25, 0.3) is 0 Å². The number of anilines is 2. The summed E-state index contributed by atoms with van der Waals surface area (Å²) < 4.78 is 38.7. The van der Waals surface area contributed by atoms with Gasteiger partial charge in [0, 0.05) is 37.2 Å². The number of aromatic amines is 1. The molecule has 0 aliphatic heterocycles. The summed E-state index contributed by atoms with van der Waals surface area (Å²) in [6.07, 6.45) is 3.99. The van der Waals surface area contributed by atoms with Crippen molar-refractivity contribution in [1.29, 1.82) is 0 Å². The Kier molecular flexibility index (Phi) is 6.48. The molecular weight excluding hydrogens is 449 g/mol. The maximum Gasteiger partial charge on any atom is 0.417 e. The number of amides is 1. The molecule has 34 heavy (non-hydrogen) atoms. The molecule has 9 nitrogen and oxygen atoms in total. The first-order valence-electron chi connectivity index (χ1n) is 10.1. The molecule has 0 fully saturated rings. The van der Waals surface area contributed by atoms with Crippen molar-refractivity contribution in [2.45, 2.75) is 25.7 Å². The number of H-pyrrole nitrogens is 1. The second-order valence-electron chi connectivity index (χ2n) is 7.25. The molecule has 4 aromatic heterocycles. The number of aromatic nitrogens is 6. The van der Waals surface area contributed by atoms with Crippen molar-refractivity contribution in [3.05, 3.63) is 90.2 Å². The number of hydrogen-bond donors (Lipinski definition) is 2. The molecule has 4 aromatic rings. The second kappa shape index (κ2) is 9.65. The van der Waals surface area contributed by atoms with E-state index in [1.54, 1.807) is 49.9 Å². The molecule has 12 heteroatoms. The van der Waals surface area contributed by atoms with E-state index in [1.807, 2.05) is 0 Å². The minimum absolute atomic E-state index is 0.0528. The monoisotopic (exact) mass is 468 g/mol. The topological polar surface area (TPSA) is 113 Å². The van der Waals surface area contributed by atoms with Gasteiger partial charge < -0.3 is 15.2 Å².